The fourth-order valence-corrected chi connectivity index (χ4v) is 6.42. The number of hydrogen-bond donors (Lipinski definition) is 0. The van der Waals surface area contributed by atoms with E-state index >= 15 is 0 Å². The highest BCUT2D eigenvalue weighted by Crippen LogP contribution is 2.36. The van der Waals surface area contributed by atoms with Gasteiger partial charge in [0.25, 0.3) is 0 Å². The summed E-state index contributed by atoms with van der Waals surface area (Å²) in [4.78, 5) is 0. The van der Waals surface area contributed by atoms with E-state index in [1.54, 1.807) is 13.2 Å². The van der Waals surface area contributed by atoms with Crippen LogP contribution in [0.25, 0.3) is 0 Å². The second kappa shape index (κ2) is 19.9. The zero-order valence-electron chi connectivity index (χ0n) is 29.7. The summed E-state index contributed by atoms with van der Waals surface area (Å²) in [7, 11) is 1.66. The molecule has 7 nitrogen and oxygen atoms in total. The van der Waals surface area contributed by atoms with Crippen molar-refractivity contribution in [1.82, 2.24) is 0 Å². The minimum Gasteiger partial charge on any atom is -0.497 e. The average Bonchev–Trinajstić information content (AvgIpc) is 3.21. The van der Waals surface area contributed by atoms with Gasteiger partial charge in [0, 0.05) is 0 Å². The fraction of sp³-hybridized carbons (Fsp3) is 0.289. The summed E-state index contributed by atoms with van der Waals surface area (Å²) in [5.74, 6) is 0.778. The second-order valence-corrected chi connectivity index (χ2v) is 12.8. The van der Waals surface area contributed by atoms with Gasteiger partial charge in [-0.15, -0.1) is 6.58 Å². The monoisotopic (exact) mass is 700 g/mol. The van der Waals surface area contributed by atoms with Crippen LogP contribution < -0.4 is 4.74 Å². The summed E-state index contributed by atoms with van der Waals surface area (Å²) in [6.07, 6.45) is -1.85. The first-order valence-corrected chi connectivity index (χ1v) is 17.8. The standard InChI is InChI=1S/C45H48O7/c1-3-28-47-40-41(48-29-34-16-8-4-9-17-34)43(50-31-36-20-12-6-13-21-36)45(51-32-37-22-14-7-15-23-37)44(42(40)49-30-35-18-10-5-11-19-35)52-33-38-24-26-39(46-2)27-25-38/h3-27,40-45H,1,28-33H2,2H3/t40-,41-,42+,43+,44-,45+/m0/s1. The van der Waals surface area contributed by atoms with Gasteiger partial charge < -0.3 is 33.2 Å². The van der Waals surface area contributed by atoms with Crippen molar-refractivity contribution in [3.05, 3.63) is 186 Å². The van der Waals surface area contributed by atoms with Crippen LogP contribution in [-0.4, -0.2) is 50.3 Å². The summed E-state index contributed by atoms with van der Waals surface area (Å²) < 4.78 is 46.5. The molecule has 0 N–H and O–H groups in total. The lowest BCUT2D eigenvalue weighted by Gasteiger charge is -2.49. The maximum absolute atomic E-state index is 6.92. The number of rotatable bonds is 19. The summed E-state index contributed by atoms with van der Waals surface area (Å²) in [5.41, 5.74) is 5.12. The Hall–Kier alpha value is -4.60. The molecular weight excluding hydrogens is 652 g/mol. The van der Waals surface area contributed by atoms with E-state index in [2.05, 4.69) is 43.0 Å². The molecule has 0 saturated heterocycles. The topological polar surface area (TPSA) is 64.6 Å². The SMILES string of the molecule is C=CCO[C@@H]1[C@@H](OCc2ccccc2)[C@H](OCc2ccc(OC)cc2)[C@H](OCc2ccccc2)[C@H](OCc2ccccc2)[C@H]1OCc1ccccc1. The van der Waals surface area contributed by atoms with Gasteiger partial charge >= 0.3 is 0 Å². The van der Waals surface area contributed by atoms with Crippen molar-refractivity contribution in [2.24, 2.45) is 0 Å². The minimum absolute atomic E-state index is 0.285. The molecule has 0 amide bonds. The molecule has 7 heteroatoms. The Kier molecular flexibility index (Phi) is 14.2. The van der Waals surface area contributed by atoms with Crippen molar-refractivity contribution in [2.75, 3.05) is 13.7 Å². The molecule has 0 aliphatic heterocycles. The van der Waals surface area contributed by atoms with Crippen LogP contribution >= 0.6 is 0 Å². The summed E-state index contributed by atoms with van der Waals surface area (Å²) >= 11 is 0. The normalized spacial score (nSPS) is 21.4. The summed E-state index contributed by atoms with van der Waals surface area (Å²) in [5, 5.41) is 0. The van der Waals surface area contributed by atoms with E-state index in [9.17, 15) is 0 Å². The quantitative estimate of drug-likeness (QED) is 0.0801. The van der Waals surface area contributed by atoms with Crippen molar-refractivity contribution in [2.45, 2.75) is 69.7 Å². The molecule has 0 radical (unpaired) electrons. The molecule has 1 aliphatic carbocycles. The number of ether oxygens (including phenoxy) is 7. The van der Waals surface area contributed by atoms with Gasteiger partial charge in [-0.25, -0.2) is 0 Å². The Balaban J connectivity index is 1.40. The van der Waals surface area contributed by atoms with Crippen LogP contribution in [0.3, 0.4) is 0 Å². The molecule has 1 fully saturated rings. The Morgan fingerprint density at radius 1 is 0.385 bits per heavy atom. The smallest absolute Gasteiger partial charge is 0.118 e. The maximum Gasteiger partial charge on any atom is 0.118 e. The van der Waals surface area contributed by atoms with Crippen LogP contribution in [0.1, 0.15) is 27.8 Å². The van der Waals surface area contributed by atoms with Gasteiger partial charge in [0.2, 0.25) is 0 Å². The molecule has 6 atom stereocenters. The van der Waals surface area contributed by atoms with Crippen LogP contribution in [0.15, 0.2) is 158 Å². The molecule has 52 heavy (non-hydrogen) atoms. The molecule has 0 unspecified atom stereocenters. The fourth-order valence-electron chi connectivity index (χ4n) is 6.42. The Morgan fingerprint density at radius 2 is 0.654 bits per heavy atom. The molecule has 0 aromatic heterocycles. The molecule has 5 aromatic carbocycles. The van der Waals surface area contributed by atoms with E-state index in [1.165, 1.54) is 0 Å². The van der Waals surface area contributed by atoms with E-state index in [0.29, 0.717) is 33.0 Å². The third-order valence-corrected chi connectivity index (χ3v) is 9.09. The molecular formula is C45H48O7. The highest BCUT2D eigenvalue weighted by Gasteiger charge is 2.55. The van der Waals surface area contributed by atoms with Gasteiger partial charge in [0.1, 0.15) is 42.4 Å². The molecule has 1 saturated carbocycles. The highest BCUT2D eigenvalue weighted by molar-refractivity contribution is 5.27. The van der Waals surface area contributed by atoms with Crippen molar-refractivity contribution in [3.63, 3.8) is 0 Å². The highest BCUT2D eigenvalue weighted by atomic mass is 16.6. The van der Waals surface area contributed by atoms with E-state index < -0.39 is 36.6 Å². The van der Waals surface area contributed by atoms with Crippen LogP contribution in [-0.2, 0) is 61.5 Å². The van der Waals surface area contributed by atoms with E-state index in [4.69, 9.17) is 33.2 Å². The van der Waals surface area contributed by atoms with Crippen molar-refractivity contribution in [1.29, 1.82) is 0 Å². The first-order chi connectivity index (χ1) is 25.7. The van der Waals surface area contributed by atoms with E-state index in [-0.39, 0.29) is 6.61 Å². The van der Waals surface area contributed by atoms with Gasteiger partial charge in [0.15, 0.2) is 0 Å². The first-order valence-electron chi connectivity index (χ1n) is 17.8. The molecule has 270 valence electrons. The number of hydrogen-bond acceptors (Lipinski definition) is 7. The lowest BCUT2D eigenvalue weighted by molar-refractivity contribution is -0.289. The lowest BCUT2D eigenvalue weighted by atomic mass is 9.83. The Labute approximate surface area is 307 Å². The largest absolute Gasteiger partial charge is 0.497 e. The Morgan fingerprint density at radius 3 is 0.923 bits per heavy atom. The average molecular weight is 701 g/mol. The molecule has 0 bridgehead atoms. The van der Waals surface area contributed by atoms with Crippen LogP contribution in [0.4, 0.5) is 0 Å². The molecule has 0 spiro atoms. The van der Waals surface area contributed by atoms with E-state index in [1.807, 2.05) is 109 Å². The second-order valence-electron chi connectivity index (χ2n) is 12.8. The van der Waals surface area contributed by atoms with Gasteiger partial charge in [0.05, 0.1) is 46.8 Å². The predicted molar refractivity (Wildman–Crippen MR) is 202 cm³/mol. The zero-order chi connectivity index (χ0) is 35.8. The van der Waals surface area contributed by atoms with Gasteiger partial charge in [-0.1, -0.05) is 140 Å². The third-order valence-electron chi connectivity index (χ3n) is 9.09. The van der Waals surface area contributed by atoms with Crippen LogP contribution in [0.5, 0.6) is 5.75 Å². The molecule has 5 aromatic rings. The van der Waals surface area contributed by atoms with Gasteiger partial charge in [-0.2, -0.15) is 0 Å². The molecule has 1 aliphatic rings. The van der Waals surface area contributed by atoms with E-state index in [0.717, 1.165) is 33.6 Å². The number of benzene rings is 5. The van der Waals surface area contributed by atoms with Gasteiger partial charge in [-0.05, 0) is 39.9 Å². The predicted octanol–water partition coefficient (Wildman–Crippen LogP) is 8.51. The van der Waals surface area contributed by atoms with Crippen molar-refractivity contribution in [3.8, 4) is 5.75 Å². The van der Waals surface area contributed by atoms with Crippen molar-refractivity contribution >= 4 is 0 Å². The molecule has 0 heterocycles. The van der Waals surface area contributed by atoms with Crippen LogP contribution in [0, 0.1) is 0 Å². The van der Waals surface area contributed by atoms with Crippen LogP contribution in [0.2, 0.25) is 0 Å². The van der Waals surface area contributed by atoms with Gasteiger partial charge in [-0.3, -0.25) is 0 Å². The molecule has 6 rings (SSSR count). The number of methoxy groups -OCH3 is 1. The zero-order valence-corrected chi connectivity index (χ0v) is 29.7. The summed E-state index contributed by atoms with van der Waals surface area (Å²) in [6, 6.07) is 48.4. The third kappa shape index (κ3) is 10.5. The van der Waals surface area contributed by atoms with Crippen molar-refractivity contribution < 1.29 is 33.2 Å². The first kappa shape index (κ1) is 37.2. The summed E-state index contributed by atoms with van der Waals surface area (Å²) in [6.45, 7) is 5.92. The lowest BCUT2D eigenvalue weighted by Crippen LogP contribution is -2.67. The minimum atomic E-state index is -0.610. The Bertz CT molecular complexity index is 1720. The maximum atomic E-state index is 6.92.